The van der Waals surface area contributed by atoms with Crippen LogP contribution in [-0.4, -0.2) is 41.0 Å². The van der Waals surface area contributed by atoms with Crippen LogP contribution in [0.4, 0.5) is 14.9 Å². The number of rotatable bonds is 3. The molecule has 1 aliphatic rings. The third kappa shape index (κ3) is 3.56. The number of benzene rings is 1. The summed E-state index contributed by atoms with van der Waals surface area (Å²) in [6.07, 6.45) is 4.51. The second-order valence-corrected chi connectivity index (χ2v) is 5.86. The number of anilines is 1. The van der Waals surface area contributed by atoms with Gasteiger partial charge in [0.25, 0.3) is 0 Å². The molecular weight excluding hydrogens is 311 g/mol. The standard InChI is InChI=1S/C17H19FN4O2/c1-21-11-13(5-7-16(21)23)20-17(24)19-12-4-6-14(18)15(10-12)22-8-2-3-9-22/h2-4,6,8-10,13H,5,7,11H2,1H3,(H2,19,20,24)/t13-/m0/s1. The zero-order valence-electron chi connectivity index (χ0n) is 13.3. The van der Waals surface area contributed by atoms with Crippen molar-refractivity contribution in [1.82, 2.24) is 14.8 Å². The van der Waals surface area contributed by atoms with E-state index in [1.807, 2.05) is 0 Å². The molecule has 126 valence electrons. The molecule has 1 aromatic carbocycles. The Morgan fingerprint density at radius 3 is 2.75 bits per heavy atom. The molecule has 0 saturated carbocycles. The molecule has 1 aliphatic heterocycles. The highest BCUT2D eigenvalue weighted by atomic mass is 19.1. The second-order valence-electron chi connectivity index (χ2n) is 5.86. The summed E-state index contributed by atoms with van der Waals surface area (Å²) in [7, 11) is 1.72. The fourth-order valence-corrected chi connectivity index (χ4v) is 2.77. The van der Waals surface area contributed by atoms with E-state index in [0.717, 1.165) is 0 Å². The van der Waals surface area contributed by atoms with Crippen molar-refractivity contribution in [2.75, 3.05) is 18.9 Å². The van der Waals surface area contributed by atoms with Crippen LogP contribution in [0.1, 0.15) is 12.8 Å². The van der Waals surface area contributed by atoms with Gasteiger partial charge in [0.2, 0.25) is 5.91 Å². The van der Waals surface area contributed by atoms with Crippen molar-refractivity contribution >= 4 is 17.6 Å². The van der Waals surface area contributed by atoms with Gasteiger partial charge in [0, 0.05) is 44.1 Å². The number of aromatic nitrogens is 1. The largest absolute Gasteiger partial charge is 0.344 e. The number of urea groups is 1. The molecule has 0 aliphatic carbocycles. The number of amides is 3. The zero-order valence-corrected chi connectivity index (χ0v) is 13.3. The van der Waals surface area contributed by atoms with Gasteiger partial charge in [0.15, 0.2) is 0 Å². The molecular formula is C17H19FN4O2. The summed E-state index contributed by atoms with van der Waals surface area (Å²) in [5.74, 6) is -0.284. The normalized spacial score (nSPS) is 17.7. The monoisotopic (exact) mass is 330 g/mol. The lowest BCUT2D eigenvalue weighted by molar-refractivity contribution is -0.132. The molecule has 3 rings (SSSR count). The van der Waals surface area contributed by atoms with Gasteiger partial charge in [-0.2, -0.15) is 0 Å². The van der Waals surface area contributed by atoms with Crippen molar-refractivity contribution in [2.24, 2.45) is 0 Å². The van der Waals surface area contributed by atoms with Crippen LogP contribution in [0, 0.1) is 5.82 Å². The number of carbonyl (C=O) groups excluding carboxylic acids is 2. The maximum absolute atomic E-state index is 13.9. The first-order valence-corrected chi connectivity index (χ1v) is 7.77. The Hall–Kier alpha value is -2.83. The van der Waals surface area contributed by atoms with Gasteiger partial charge < -0.3 is 20.1 Å². The van der Waals surface area contributed by atoms with E-state index in [2.05, 4.69) is 10.6 Å². The highest BCUT2D eigenvalue weighted by Crippen LogP contribution is 2.19. The van der Waals surface area contributed by atoms with Crippen LogP contribution in [0.2, 0.25) is 0 Å². The molecule has 7 heteroatoms. The number of likely N-dealkylation sites (N-methyl/N-ethyl adjacent to an activating group) is 1. The molecule has 1 fully saturated rings. The van der Waals surface area contributed by atoms with Crippen LogP contribution < -0.4 is 10.6 Å². The van der Waals surface area contributed by atoms with Gasteiger partial charge in [0.1, 0.15) is 5.82 Å². The van der Waals surface area contributed by atoms with Crippen molar-refractivity contribution < 1.29 is 14.0 Å². The molecule has 2 N–H and O–H groups in total. The van der Waals surface area contributed by atoms with E-state index in [4.69, 9.17) is 0 Å². The number of nitrogens with one attached hydrogen (secondary N) is 2. The molecule has 0 spiro atoms. The maximum atomic E-state index is 13.9. The van der Waals surface area contributed by atoms with Gasteiger partial charge in [0.05, 0.1) is 5.69 Å². The Kier molecular flexibility index (Phi) is 4.50. The Balaban J connectivity index is 1.65. The smallest absolute Gasteiger partial charge is 0.319 e. The predicted molar refractivity (Wildman–Crippen MR) is 88.5 cm³/mol. The molecule has 1 aromatic heterocycles. The maximum Gasteiger partial charge on any atom is 0.319 e. The minimum atomic E-state index is -0.371. The third-order valence-electron chi connectivity index (χ3n) is 4.05. The fraction of sp³-hybridized carbons (Fsp3) is 0.294. The van der Waals surface area contributed by atoms with E-state index < -0.39 is 0 Å². The summed E-state index contributed by atoms with van der Waals surface area (Å²) in [5.41, 5.74) is 0.860. The van der Waals surface area contributed by atoms with Crippen molar-refractivity contribution in [2.45, 2.75) is 18.9 Å². The number of nitrogens with zero attached hydrogens (tertiary/aromatic N) is 2. The summed E-state index contributed by atoms with van der Waals surface area (Å²) >= 11 is 0. The lowest BCUT2D eigenvalue weighted by Crippen LogP contribution is -2.49. The van der Waals surface area contributed by atoms with Gasteiger partial charge in [-0.25, -0.2) is 9.18 Å². The van der Waals surface area contributed by atoms with Gasteiger partial charge in [-0.1, -0.05) is 0 Å². The average Bonchev–Trinajstić information content (AvgIpc) is 3.07. The first-order valence-electron chi connectivity index (χ1n) is 7.77. The quantitative estimate of drug-likeness (QED) is 0.907. The van der Waals surface area contributed by atoms with Gasteiger partial charge in [-0.15, -0.1) is 0 Å². The first-order chi connectivity index (χ1) is 11.5. The Morgan fingerprint density at radius 1 is 1.29 bits per heavy atom. The average molecular weight is 330 g/mol. The minimum Gasteiger partial charge on any atom is -0.344 e. The second kappa shape index (κ2) is 6.74. The fourth-order valence-electron chi connectivity index (χ4n) is 2.77. The summed E-state index contributed by atoms with van der Waals surface area (Å²) in [6.45, 7) is 0.490. The van der Waals surface area contributed by atoms with E-state index in [-0.39, 0.29) is 23.8 Å². The van der Waals surface area contributed by atoms with E-state index >= 15 is 0 Å². The Bertz CT molecular complexity index is 745. The summed E-state index contributed by atoms with van der Waals surface area (Å²) in [6, 6.07) is 7.55. The Labute approximate surface area is 139 Å². The van der Waals surface area contributed by atoms with Crippen LogP contribution in [0.5, 0.6) is 0 Å². The number of hydrogen-bond donors (Lipinski definition) is 2. The topological polar surface area (TPSA) is 66.4 Å². The molecule has 0 radical (unpaired) electrons. The zero-order chi connectivity index (χ0) is 17.1. The SMILES string of the molecule is CN1C[C@@H](NC(=O)Nc2ccc(F)c(-n3cccc3)c2)CCC1=O. The van der Waals surface area contributed by atoms with Crippen LogP contribution in [-0.2, 0) is 4.79 Å². The van der Waals surface area contributed by atoms with E-state index in [0.29, 0.717) is 30.8 Å². The summed E-state index contributed by atoms with van der Waals surface area (Å²) < 4.78 is 15.6. The lowest BCUT2D eigenvalue weighted by Gasteiger charge is -2.30. The Morgan fingerprint density at radius 2 is 2.04 bits per heavy atom. The minimum absolute atomic E-state index is 0.0860. The van der Waals surface area contributed by atoms with Gasteiger partial charge in [-0.05, 0) is 36.8 Å². The van der Waals surface area contributed by atoms with E-state index in [1.165, 1.54) is 12.1 Å². The van der Waals surface area contributed by atoms with Crippen LogP contribution >= 0.6 is 0 Å². The summed E-state index contributed by atoms with van der Waals surface area (Å²) in [4.78, 5) is 25.2. The molecule has 0 unspecified atom stereocenters. The molecule has 2 heterocycles. The highest BCUT2D eigenvalue weighted by Gasteiger charge is 2.24. The van der Waals surface area contributed by atoms with Gasteiger partial charge >= 0.3 is 6.03 Å². The molecule has 6 nitrogen and oxygen atoms in total. The molecule has 3 amide bonds. The lowest BCUT2D eigenvalue weighted by atomic mass is 10.1. The van der Waals surface area contributed by atoms with E-state index in [9.17, 15) is 14.0 Å². The van der Waals surface area contributed by atoms with Crippen LogP contribution in [0.25, 0.3) is 5.69 Å². The molecule has 2 aromatic rings. The van der Waals surface area contributed by atoms with Crippen molar-refractivity contribution in [1.29, 1.82) is 0 Å². The third-order valence-corrected chi connectivity index (χ3v) is 4.05. The molecule has 24 heavy (non-hydrogen) atoms. The molecule has 0 bridgehead atoms. The van der Waals surface area contributed by atoms with Crippen molar-refractivity contribution in [3.05, 3.63) is 48.5 Å². The summed E-state index contributed by atoms with van der Waals surface area (Å²) in [5, 5.41) is 5.55. The first kappa shape index (κ1) is 16.0. The van der Waals surface area contributed by atoms with Crippen LogP contribution in [0.3, 0.4) is 0 Å². The van der Waals surface area contributed by atoms with E-state index in [1.54, 1.807) is 47.1 Å². The van der Waals surface area contributed by atoms with Crippen LogP contribution in [0.15, 0.2) is 42.7 Å². The van der Waals surface area contributed by atoms with Gasteiger partial charge in [-0.3, -0.25) is 4.79 Å². The number of hydrogen-bond acceptors (Lipinski definition) is 2. The number of carbonyl (C=O) groups is 2. The molecule has 1 atom stereocenters. The number of piperidine rings is 1. The predicted octanol–water partition coefficient (Wildman–Crippen LogP) is 2.36. The van der Waals surface area contributed by atoms with Crippen molar-refractivity contribution in [3.8, 4) is 5.69 Å². The molecule has 1 saturated heterocycles. The van der Waals surface area contributed by atoms with Crippen molar-refractivity contribution in [3.63, 3.8) is 0 Å². The number of likely N-dealkylation sites (tertiary alicyclic amines) is 1. The number of halogens is 1. The highest BCUT2D eigenvalue weighted by molar-refractivity contribution is 5.90.